The van der Waals surface area contributed by atoms with E-state index in [-0.39, 0.29) is 11.9 Å². The van der Waals surface area contributed by atoms with Crippen LogP contribution in [0.15, 0.2) is 24.3 Å². The molecular formula is C17H22FN3. The average Bonchev–Trinajstić information content (AvgIpc) is 2.75. The van der Waals surface area contributed by atoms with Crippen molar-refractivity contribution in [3.63, 3.8) is 0 Å². The van der Waals surface area contributed by atoms with Gasteiger partial charge in [-0.15, -0.1) is 0 Å². The van der Waals surface area contributed by atoms with E-state index in [4.69, 9.17) is 5.10 Å². The summed E-state index contributed by atoms with van der Waals surface area (Å²) in [6.45, 7) is 8.42. The summed E-state index contributed by atoms with van der Waals surface area (Å²) < 4.78 is 15.3. The number of rotatable bonds is 2. The third-order valence-corrected chi connectivity index (χ3v) is 4.12. The van der Waals surface area contributed by atoms with E-state index in [0.717, 1.165) is 30.8 Å². The van der Waals surface area contributed by atoms with Crippen molar-refractivity contribution in [2.75, 3.05) is 13.1 Å². The minimum atomic E-state index is -0.199. The fourth-order valence-electron chi connectivity index (χ4n) is 3.05. The van der Waals surface area contributed by atoms with Crippen LogP contribution in [0.25, 0.3) is 11.3 Å². The molecule has 2 heterocycles. The topological polar surface area (TPSA) is 29.9 Å². The molecule has 3 nitrogen and oxygen atoms in total. The largest absolute Gasteiger partial charge is 0.316 e. The quantitative estimate of drug-likeness (QED) is 0.916. The zero-order valence-electron chi connectivity index (χ0n) is 12.9. The van der Waals surface area contributed by atoms with Gasteiger partial charge in [-0.2, -0.15) is 5.10 Å². The highest BCUT2D eigenvalue weighted by atomic mass is 19.1. The number of halogens is 1. The van der Waals surface area contributed by atoms with E-state index in [0.29, 0.717) is 5.92 Å². The Morgan fingerprint density at radius 1 is 1.29 bits per heavy atom. The summed E-state index contributed by atoms with van der Waals surface area (Å²) in [6.07, 6.45) is 0.971. The van der Waals surface area contributed by atoms with E-state index >= 15 is 0 Å². The van der Waals surface area contributed by atoms with E-state index in [9.17, 15) is 4.39 Å². The number of hydrogen-bond acceptors (Lipinski definition) is 2. The van der Waals surface area contributed by atoms with Gasteiger partial charge in [0.15, 0.2) is 0 Å². The highest BCUT2D eigenvalue weighted by Crippen LogP contribution is 2.33. The molecule has 0 radical (unpaired) electrons. The summed E-state index contributed by atoms with van der Waals surface area (Å²) in [5.41, 5.74) is 4.70. The highest BCUT2D eigenvalue weighted by molar-refractivity contribution is 5.65. The standard InChI is InChI=1S/C17H22FN3/c1-11(2)21-17(13-4-6-14(18)7-5-13)15-8-9-19-10-12(3)16(15)20-21/h4-7,11-12,19H,8-10H2,1-3H3. The van der Waals surface area contributed by atoms with Gasteiger partial charge >= 0.3 is 0 Å². The van der Waals surface area contributed by atoms with Crippen molar-refractivity contribution in [3.05, 3.63) is 41.3 Å². The van der Waals surface area contributed by atoms with Crippen molar-refractivity contribution in [1.29, 1.82) is 0 Å². The molecule has 0 aliphatic carbocycles. The maximum atomic E-state index is 13.2. The molecule has 0 saturated heterocycles. The predicted octanol–water partition coefficient (Wildman–Crippen LogP) is 3.52. The first kappa shape index (κ1) is 14.3. The Labute approximate surface area is 125 Å². The Hall–Kier alpha value is -1.68. The number of hydrogen-bond donors (Lipinski definition) is 1. The van der Waals surface area contributed by atoms with Crippen molar-refractivity contribution >= 4 is 0 Å². The first-order chi connectivity index (χ1) is 10.1. The summed E-state index contributed by atoms with van der Waals surface area (Å²) in [6, 6.07) is 7.05. The molecule has 0 saturated carbocycles. The van der Waals surface area contributed by atoms with Gasteiger partial charge in [-0.05, 0) is 51.1 Å². The molecular weight excluding hydrogens is 265 g/mol. The first-order valence-electron chi connectivity index (χ1n) is 7.66. The molecule has 1 atom stereocenters. The number of benzene rings is 1. The lowest BCUT2D eigenvalue weighted by Crippen LogP contribution is -2.19. The summed E-state index contributed by atoms with van der Waals surface area (Å²) in [4.78, 5) is 0. The van der Waals surface area contributed by atoms with Crippen LogP contribution in [0.5, 0.6) is 0 Å². The molecule has 1 aliphatic rings. The number of nitrogens with zero attached hydrogens (tertiary/aromatic N) is 2. The van der Waals surface area contributed by atoms with Gasteiger partial charge in [0, 0.05) is 29.6 Å². The second kappa shape index (κ2) is 5.60. The van der Waals surface area contributed by atoms with Gasteiger partial charge in [0.05, 0.1) is 11.4 Å². The number of fused-ring (bicyclic) bond motifs is 1. The smallest absolute Gasteiger partial charge is 0.123 e. The van der Waals surface area contributed by atoms with Gasteiger partial charge < -0.3 is 5.32 Å². The zero-order valence-corrected chi connectivity index (χ0v) is 12.9. The third-order valence-electron chi connectivity index (χ3n) is 4.12. The molecule has 4 heteroatoms. The molecule has 0 fully saturated rings. The van der Waals surface area contributed by atoms with Crippen LogP contribution in [0.2, 0.25) is 0 Å². The molecule has 2 aromatic rings. The van der Waals surface area contributed by atoms with Crippen LogP contribution >= 0.6 is 0 Å². The summed E-state index contributed by atoms with van der Waals surface area (Å²) >= 11 is 0. The lowest BCUT2D eigenvalue weighted by Gasteiger charge is -2.13. The SMILES string of the molecule is CC1CNCCc2c1nn(C(C)C)c2-c1ccc(F)cc1. The average molecular weight is 287 g/mol. The molecule has 0 amide bonds. The molecule has 1 aliphatic heterocycles. The van der Waals surface area contributed by atoms with E-state index in [1.807, 2.05) is 12.1 Å². The van der Waals surface area contributed by atoms with Crippen molar-refractivity contribution in [2.45, 2.75) is 39.2 Å². The molecule has 112 valence electrons. The van der Waals surface area contributed by atoms with Crippen LogP contribution in [0.4, 0.5) is 4.39 Å². The van der Waals surface area contributed by atoms with Gasteiger partial charge in [0.2, 0.25) is 0 Å². The Bertz CT molecular complexity index is 628. The Morgan fingerprint density at radius 3 is 2.67 bits per heavy atom. The van der Waals surface area contributed by atoms with Gasteiger partial charge in [-0.1, -0.05) is 6.92 Å². The van der Waals surface area contributed by atoms with Crippen molar-refractivity contribution in [3.8, 4) is 11.3 Å². The third kappa shape index (κ3) is 2.60. The molecule has 1 N–H and O–H groups in total. The van der Waals surface area contributed by atoms with Gasteiger partial charge in [-0.25, -0.2) is 4.39 Å². The maximum Gasteiger partial charge on any atom is 0.123 e. The Balaban J connectivity index is 2.19. The van der Waals surface area contributed by atoms with Crippen LogP contribution in [0, 0.1) is 5.82 Å². The van der Waals surface area contributed by atoms with Crippen molar-refractivity contribution < 1.29 is 4.39 Å². The van der Waals surface area contributed by atoms with Gasteiger partial charge in [0.1, 0.15) is 5.82 Å². The van der Waals surface area contributed by atoms with Crippen molar-refractivity contribution in [2.24, 2.45) is 0 Å². The summed E-state index contributed by atoms with van der Waals surface area (Å²) in [5, 5.41) is 8.33. The highest BCUT2D eigenvalue weighted by Gasteiger charge is 2.25. The Morgan fingerprint density at radius 2 is 2.00 bits per heavy atom. The van der Waals surface area contributed by atoms with Gasteiger partial charge in [-0.3, -0.25) is 4.68 Å². The minimum absolute atomic E-state index is 0.199. The molecule has 1 aromatic heterocycles. The Kier molecular flexibility index (Phi) is 3.81. The van der Waals surface area contributed by atoms with Crippen LogP contribution in [0.3, 0.4) is 0 Å². The molecule has 0 spiro atoms. The summed E-state index contributed by atoms with van der Waals surface area (Å²) in [5.74, 6) is 0.206. The fourth-order valence-corrected chi connectivity index (χ4v) is 3.05. The van der Waals surface area contributed by atoms with E-state index in [1.54, 1.807) is 0 Å². The lowest BCUT2D eigenvalue weighted by molar-refractivity contribution is 0.520. The second-order valence-corrected chi connectivity index (χ2v) is 6.11. The minimum Gasteiger partial charge on any atom is -0.316 e. The summed E-state index contributed by atoms with van der Waals surface area (Å²) in [7, 11) is 0. The normalized spacial score (nSPS) is 18.6. The first-order valence-corrected chi connectivity index (χ1v) is 7.66. The van der Waals surface area contributed by atoms with Crippen LogP contribution in [-0.4, -0.2) is 22.9 Å². The van der Waals surface area contributed by atoms with Crippen LogP contribution in [-0.2, 0) is 6.42 Å². The molecule has 0 bridgehead atoms. The van der Waals surface area contributed by atoms with E-state index in [2.05, 4.69) is 30.8 Å². The van der Waals surface area contributed by atoms with Gasteiger partial charge in [0.25, 0.3) is 0 Å². The van der Waals surface area contributed by atoms with E-state index in [1.165, 1.54) is 23.4 Å². The molecule has 1 unspecified atom stereocenters. The van der Waals surface area contributed by atoms with Crippen LogP contribution in [0.1, 0.15) is 44.0 Å². The monoisotopic (exact) mass is 287 g/mol. The maximum absolute atomic E-state index is 13.2. The predicted molar refractivity (Wildman–Crippen MR) is 83.0 cm³/mol. The second-order valence-electron chi connectivity index (χ2n) is 6.11. The fraction of sp³-hybridized carbons (Fsp3) is 0.471. The molecule has 3 rings (SSSR count). The van der Waals surface area contributed by atoms with Crippen molar-refractivity contribution in [1.82, 2.24) is 15.1 Å². The van der Waals surface area contributed by atoms with E-state index < -0.39 is 0 Å². The number of nitrogens with one attached hydrogen (secondary N) is 1. The molecule has 1 aromatic carbocycles. The zero-order chi connectivity index (χ0) is 15.0. The lowest BCUT2D eigenvalue weighted by atomic mass is 9.98. The molecule has 21 heavy (non-hydrogen) atoms. The number of aromatic nitrogens is 2. The van der Waals surface area contributed by atoms with Crippen LogP contribution < -0.4 is 5.32 Å².